The van der Waals surface area contributed by atoms with Gasteiger partial charge in [0, 0.05) is 17.9 Å². The molecule has 0 unspecified atom stereocenters. The summed E-state index contributed by atoms with van der Waals surface area (Å²) in [6.07, 6.45) is 0. The quantitative estimate of drug-likeness (QED) is 0.277. The van der Waals surface area contributed by atoms with Crippen LogP contribution in [-0.4, -0.2) is 16.1 Å². The van der Waals surface area contributed by atoms with Crippen molar-refractivity contribution >= 4 is 16.9 Å². The van der Waals surface area contributed by atoms with Crippen molar-refractivity contribution < 1.29 is 18.5 Å². The normalized spacial score (nSPS) is 11.6. The number of ether oxygens (including phenoxy) is 1. The van der Waals surface area contributed by atoms with Crippen molar-refractivity contribution in [2.24, 2.45) is 0 Å². The highest BCUT2D eigenvalue weighted by atomic mass is 16.5. The topological polar surface area (TPSA) is 95.4 Å². The Bertz CT molecular complexity index is 1300. The van der Waals surface area contributed by atoms with Gasteiger partial charge in [-0.2, -0.15) is 4.98 Å². The van der Waals surface area contributed by atoms with Gasteiger partial charge in [0.2, 0.25) is 5.82 Å². The molecule has 0 radical (unpaired) electrons. The number of esters is 1. The maximum Gasteiger partial charge on any atom is 0.349 e. The monoisotopic (exact) mass is 404 g/mol. The first-order chi connectivity index (χ1) is 14.2. The second kappa shape index (κ2) is 7.26. The lowest BCUT2D eigenvalue weighted by atomic mass is 9.86. The first-order valence-corrected chi connectivity index (χ1v) is 9.42. The SMILES string of the molecule is CC(=O)Oc1cc(C(C)(C)C)cc2cc(-c3nc(-c4ccccc4)no3)c(=O)oc12. The largest absolute Gasteiger partial charge is 0.423 e. The number of carbonyl (C=O) groups is 1. The molecule has 152 valence electrons. The Balaban J connectivity index is 1.88. The van der Waals surface area contributed by atoms with Crippen LogP contribution < -0.4 is 10.4 Å². The van der Waals surface area contributed by atoms with Gasteiger partial charge < -0.3 is 13.7 Å². The van der Waals surface area contributed by atoms with E-state index < -0.39 is 11.6 Å². The van der Waals surface area contributed by atoms with Crippen LogP contribution in [0.3, 0.4) is 0 Å². The molecule has 0 atom stereocenters. The van der Waals surface area contributed by atoms with Gasteiger partial charge in [-0.05, 0) is 29.2 Å². The summed E-state index contributed by atoms with van der Waals surface area (Å²) in [6, 6.07) is 14.5. The molecule has 2 heterocycles. The third-order valence-electron chi connectivity index (χ3n) is 4.61. The number of hydrogen-bond acceptors (Lipinski definition) is 7. The minimum atomic E-state index is -0.664. The Morgan fingerprint density at radius 2 is 1.80 bits per heavy atom. The lowest BCUT2D eigenvalue weighted by molar-refractivity contribution is -0.131. The molecule has 4 aromatic rings. The van der Waals surface area contributed by atoms with Gasteiger partial charge in [-0.3, -0.25) is 4.79 Å². The molecule has 0 aliphatic carbocycles. The van der Waals surface area contributed by atoms with Crippen molar-refractivity contribution in [1.82, 2.24) is 10.1 Å². The second-order valence-corrected chi connectivity index (χ2v) is 7.97. The van der Waals surface area contributed by atoms with Gasteiger partial charge in [0.15, 0.2) is 11.3 Å². The van der Waals surface area contributed by atoms with Gasteiger partial charge >= 0.3 is 11.6 Å². The number of benzene rings is 2. The van der Waals surface area contributed by atoms with Crippen LogP contribution in [0.4, 0.5) is 0 Å². The number of nitrogens with zero attached hydrogens (tertiary/aromatic N) is 2. The van der Waals surface area contributed by atoms with Gasteiger partial charge in [0.1, 0.15) is 5.56 Å². The molecule has 0 saturated heterocycles. The minimum absolute atomic E-state index is 0.0553. The van der Waals surface area contributed by atoms with E-state index in [1.807, 2.05) is 57.2 Å². The molecule has 7 nitrogen and oxygen atoms in total. The molecular weight excluding hydrogens is 384 g/mol. The number of carbonyl (C=O) groups excluding carboxylic acids is 1. The Morgan fingerprint density at radius 3 is 2.47 bits per heavy atom. The van der Waals surface area contributed by atoms with Gasteiger partial charge in [-0.1, -0.05) is 56.3 Å². The summed E-state index contributed by atoms with van der Waals surface area (Å²) in [4.78, 5) is 28.6. The molecule has 30 heavy (non-hydrogen) atoms. The van der Waals surface area contributed by atoms with Crippen molar-refractivity contribution in [2.75, 3.05) is 0 Å². The molecule has 7 heteroatoms. The van der Waals surface area contributed by atoms with E-state index in [4.69, 9.17) is 13.7 Å². The summed E-state index contributed by atoms with van der Waals surface area (Å²) in [7, 11) is 0. The van der Waals surface area contributed by atoms with E-state index in [-0.39, 0.29) is 28.2 Å². The molecule has 0 amide bonds. The third-order valence-corrected chi connectivity index (χ3v) is 4.61. The average molecular weight is 404 g/mol. The molecule has 0 spiro atoms. The molecule has 0 aliphatic rings. The van der Waals surface area contributed by atoms with Gasteiger partial charge in [-0.25, -0.2) is 4.79 Å². The van der Waals surface area contributed by atoms with Crippen LogP contribution in [-0.2, 0) is 10.2 Å². The van der Waals surface area contributed by atoms with Crippen LogP contribution in [0.1, 0.15) is 33.3 Å². The van der Waals surface area contributed by atoms with Gasteiger partial charge in [0.05, 0.1) is 0 Å². The molecule has 4 rings (SSSR count). The highest BCUT2D eigenvalue weighted by molar-refractivity contribution is 5.88. The second-order valence-electron chi connectivity index (χ2n) is 7.97. The molecule has 0 aliphatic heterocycles. The fraction of sp³-hybridized carbons (Fsp3) is 0.217. The van der Waals surface area contributed by atoms with E-state index >= 15 is 0 Å². The molecule has 2 aromatic carbocycles. The summed E-state index contributed by atoms with van der Waals surface area (Å²) in [5.74, 6) is 0.122. The summed E-state index contributed by atoms with van der Waals surface area (Å²) >= 11 is 0. The number of fused-ring (bicyclic) bond motifs is 1. The first-order valence-electron chi connectivity index (χ1n) is 9.42. The molecule has 0 bridgehead atoms. The van der Waals surface area contributed by atoms with E-state index in [0.717, 1.165) is 11.1 Å². The standard InChI is InChI=1S/C23H20N2O5/c1-13(26)28-18-12-16(23(2,3)4)10-15-11-17(22(27)29-19(15)18)21-24-20(25-30-21)14-8-6-5-7-9-14/h5-12H,1-4H3. The predicted octanol–water partition coefficient (Wildman–Crippen LogP) is 4.73. The lowest BCUT2D eigenvalue weighted by Crippen LogP contribution is -2.13. The summed E-state index contributed by atoms with van der Waals surface area (Å²) in [5.41, 5.74) is 1.13. The van der Waals surface area contributed by atoms with Crippen molar-refractivity contribution in [1.29, 1.82) is 0 Å². The third kappa shape index (κ3) is 3.74. The Morgan fingerprint density at radius 1 is 1.07 bits per heavy atom. The lowest BCUT2D eigenvalue weighted by Gasteiger charge is -2.20. The molecular formula is C23H20N2O5. The van der Waals surface area contributed by atoms with Crippen LogP contribution in [0.25, 0.3) is 33.8 Å². The van der Waals surface area contributed by atoms with Gasteiger partial charge in [0.25, 0.3) is 5.89 Å². The zero-order chi connectivity index (χ0) is 21.5. The highest BCUT2D eigenvalue weighted by Crippen LogP contribution is 2.34. The Hall–Kier alpha value is -3.74. The van der Waals surface area contributed by atoms with E-state index in [0.29, 0.717) is 11.2 Å². The number of hydrogen-bond donors (Lipinski definition) is 0. The van der Waals surface area contributed by atoms with Crippen molar-refractivity contribution in [2.45, 2.75) is 33.1 Å². The van der Waals surface area contributed by atoms with Crippen LogP contribution >= 0.6 is 0 Å². The Labute approximate surface area is 172 Å². The number of rotatable bonds is 3. The van der Waals surface area contributed by atoms with E-state index in [2.05, 4.69) is 10.1 Å². The van der Waals surface area contributed by atoms with Crippen LogP contribution in [0.5, 0.6) is 5.75 Å². The smallest absolute Gasteiger partial charge is 0.349 e. The van der Waals surface area contributed by atoms with Crippen LogP contribution in [0.2, 0.25) is 0 Å². The molecule has 0 fully saturated rings. The van der Waals surface area contributed by atoms with E-state index in [9.17, 15) is 9.59 Å². The van der Waals surface area contributed by atoms with E-state index in [1.165, 1.54) is 6.92 Å². The fourth-order valence-electron chi connectivity index (χ4n) is 3.05. The van der Waals surface area contributed by atoms with Gasteiger partial charge in [-0.15, -0.1) is 0 Å². The van der Waals surface area contributed by atoms with Crippen LogP contribution in [0, 0.1) is 0 Å². The zero-order valence-electron chi connectivity index (χ0n) is 17.1. The maximum atomic E-state index is 12.7. The average Bonchev–Trinajstić information content (AvgIpc) is 3.17. The minimum Gasteiger partial charge on any atom is -0.423 e. The Kier molecular flexibility index (Phi) is 4.73. The summed E-state index contributed by atoms with van der Waals surface area (Å²) < 4.78 is 16.1. The molecule has 0 N–H and O–H groups in total. The zero-order valence-corrected chi connectivity index (χ0v) is 17.1. The molecule has 2 aromatic heterocycles. The summed E-state index contributed by atoms with van der Waals surface area (Å²) in [5, 5.41) is 4.55. The fourth-order valence-corrected chi connectivity index (χ4v) is 3.05. The van der Waals surface area contributed by atoms with E-state index in [1.54, 1.807) is 12.1 Å². The molecule has 0 saturated carbocycles. The van der Waals surface area contributed by atoms with Crippen molar-refractivity contribution in [3.8, 4) is 28.6 Å². The maximum absolute atomic E-state index is 12.7. The first kappa shape index (κ1) is 19.6. The van der Waals surface area contributed by atoms with Crippen molar-refractivity contribution in [3.05, 3.63) is 64.5 Å². The number of aromatic nitrogens is 2. The van der Waals surface area contributed by atoms with Crippen LogP contribution in [0.15, 0.2) is 62.3 Å². The highest BCUT2D eigenvalue weighted by Gasteiger charge is 2.22. The predicted molar refractivity (Wildman–Crippen MR) is 111 cm³/mol. The summed E-state index contributed by atoms with van der Waals surface area (Å²) in [6.45, 7) is 7.41. The van der Waals surface area contributed by atoms with Crippen molar-refractivity contribution in [3.63, 3.8) is 0 Å².